The first-order chi connectivity index (χ1) is 38.1. The van der Waals surface area contributed by atoms with Gasteiger partial charge in [0.2, 0.25) is 0 Å². The lowest BCUT2D eigenvalue weighted by atomic mass is 10.1. The largest absolute Gasteiger partial charge is 0.314 e. The summed E-state index contributed by atoms with van der Waals surface area (Å²) in [5.74, 6) is 0. The molecule has 5 heteroatoms. The molecular formula is C72H55N5. The minimum atomic E-state index is 0.775. The highest BCUT2D eigenvalue weighted by atomic mass is 15.2. The number of hydrogen-bond donors (Lipinski definition) is 0. The SMILES string of the molecule is C=Cc1ccc(-n2c3c(c4ccccc42)=CC(N(C2=CC=CC=CC2)c2ccc(N(c4ccccc4)c4ccc(N(c5ccccc5)c5ccc6c(c5)c5ccccc5n6-c5ccc(C=C)cc5)cc4)cc2)=CCC=3)cc1. The van der Waals surface area contributed by atoms with Crippen LogP contribution in [0.2, 0.25) is 0 Å². The van der Waals surface area contributed by atoms with Crippen molar-refractivity contribution in [2.45, 2.75) is 12.8 Å². The number of rotatable bonds is 13. The molecular weight excluding hydrogens is 935 g/mol. The fraction of sp³-hybridized carbons (Fsp3) is 0.0278. The molecule has 0 saturated heterocycles. The van der Waals surface area contributed by atoms with Crippen molar-refractivity contribution in [3.63, 3.8) is 0 Å². The van der Waals surface area contributed by atoms with E-state index in [1.54, 1.807) is 0 Å². The number of fused-ring (bicyclic) bond motifs is 6. The molecule has 5 nitrogen and oxygen atoms in total. The molecule has 9 aromatic carbocycles. The number of anilines is 7. The zero-order valence-electron chi connectivity index (χ0n) is 42.7. The van der Waals surface area contributed by atoms with Gasteiger partial charge < -0.3 is 23.8 Å². The van der Waals surface area contributed by atoms with Crippen molar-refractivity contribution in [3.8, 4) is 11.4 Å². The second-order valence-electron chi connectivity index (χ2n) is 19.4. The van der Waals surface area contributed by atoms with Gasteiger partial charge in [0.1, 0.15) is 0 Å². The number of benzene rings is 9. The van der Waals surface area contributed by atoms with Gasteiger partial charge >= 0.3 is 0 Å². The van der Waals surface area contributed by atoms with E-state index in [0.29, 0.717) is 0 Å². The van der Waals surface area contributed by atoms with Crippen LogP contribution in [0.25, 0.3) is 68.4 Å². The Balaban J connectivity index is 0.878. The van der Waals surface area contributed by atoms with E-state index in [9.17, 15) is 0 Å². The van der Waals surface area contributed by atoms with Gasteiger partial charge in [-0.05, 0) is 157 Å². The lowest BCUT2D eigenvalue weighted by molar-refractivity contribution is 1.04. The second-order valence-corrected chi connectivity index (χ2v) is 19.4. The predicted molar refractivity (Wildman–Crippen MR) is 328 cm³/mol. The topological polar surface area (TPSA) is 19.6 Å². The number of hydrogen-bond acceptors (Lipinski definition) is 3. The number of aromatic nitrogens is 2. The lowest BCUT2D eigenvalue weighted by Crippen LogP contribution is -2.29. The van der Waals surface area contributed by atoms with Crippen molar-refractivity contribution in [1.29, 1.82) is 0 Å². The molecule has 13 rings (SSSR count). The molecule has 2 aliphatic carbocycles. The molecule has 0 amide bonds. The minimum Gasteiger partial charge on any atom is -0.314 e. The minimum absolute atomic E-state index is 0.775. The summed E-state index contributed by atoms with van der Waals surface area (Å²) in [6.07, 6.45) is 23.4. The standard InChI is InChI=1S/C72H55N5/c1-3-52-32-36-61(37-33-52)76-69-29-17-15-27-65(69)67-50-63(26-19-31-71(67)76)74(55-20-9-5-6-10-21-55)59-44-40-57(41-45-59)73(54-22-11-7-12-23-54)58-42-46-60(47-43-58)75(56-24-13-8-14-25-56)64-48-49-72-68(51-64)66-28-16-18-30-70(66)77(72)62-38-34-53(4-2)35-39-62/h3-18,20,22-51H,1-2,19,21H2. The Bertz CT molecular complexity index is 4270. The monoisotopic (exact) mass is 989 g/mol. The summed E-state index contributed by atoms with van der Waals surface area (Å²) >= 11 is 0. The highest BCUT2D eigenvalue weighted by Gasteiger charge is 2.22. The van der Waals surface area contributed by atoms with Crippen molar-refractivity contribution in [2.75, 3.05) is 14.7 Å². The molecule has 0 spiro atoms. The van der Waals surface area contributed by atoms with Crippen LogP contribution in [0.1, 0.15) is 24.0 Å². The smallest absolute Gasteiger partial charge is 0.0542 e. The fourth-order valence-electron chi connectivity index (χ4n) is 11.2. The fourth-order valence-corrected chi connectivity index (χ4v) is 11.2. The van der Waals surface area contributed by atoms with Gasteiger partial charge in [0.05, 0.1) is 21.9 Å². The van der Waals surface area contributed by atoms with Crippen molar-refractivity contribution >= 4 is 96.8 Å². The highest BCUT2D eigenvalue weighted by molar-refractivity contribution is 6.10. The Morgan fingerprint density at radius 2 is 0.870 bits per heavy atom. The molecule has 0 aliphatic heterocycles. The van der Waals surface area contributed by atoms with E-state index in [1.165, 1.54) is 43.5 Å². The van der Waals surface area contributed by atoms with E-state index in [0.717, 1.165) is 86.4 Å². The number of allylic oxidation sites excluding steroid dienone is 7. The maximum absolute atomic E-state index is 3.99. The zero-order chi connectivity index (χ0) is 51.7. The van der Waals surface area contributed by atoms with Crippen molar-refractivity contribution in [3.05, 3.63) is 307 Å². The van der Waals surface area contributed by atoms with Crippen LogP contribution in [0.4, 0.5) is 39.8 Å². The average molecular weight is 990 g/mol. The molecule has 2 aliphatic rings. The maximum atomic E-state index is 3.99. The van der Waals surface area contributed by atoms with Crippen molar-refractivity contribution < 1.29 is 0 Å². The van der Waals surface area contributed by atoms with E-state index in [2.05, 4.69) is 310 Å². The van der Waals surface area contributed by atoms with E-state index in [-0.39, 0.29) is 0 Å². The summed E-state index contributed by atoms with van der Waals surface area (Å²) in [5.41, 5.74) is 17.8. The Morgan fingerprint density at radius 1 is 0.390 bits per heavy atom. The van der Waals surface area contributed by atoms with Crippen LogP contribution in [0.15, 0.2) is 285 Å². The van der Waals surface area contributed by atoms with Crippen LogP contribution in [0.5, 0.6) is 0 Å². The predicted octanol–water partition coefficient (Wildman–Crippen LogP) is 17.7. The maximum Gasteiger partial charge on any atom is 0.0542 e. The summed E-state index contributed by atoms with van der Waals surface area (Å²) in [4.78, 5) is 7.14. The second kappa shape index (κ2) is 20.3. The molecule has 0 N–H and O–H groups in total. The third kappa shape index (κ3) is 8.70. The van der Waals surface area contributed by atoms with Gasteiger partial charge in [-0.2, -0.15) is 0 Å². The first-order valence-electron chi connectivity index (χ1n) is 26.4. The first kappa shape index (κ1) is 46.7. The molecule has 0 bridgehead atoms. The van der Waals surface area contributed by atoms with Gasteiger partial charge in [0.15, 0.2) is 0 Å². The zero-order valence-corrected chi connectivity index (χ0v) is 42.7. The average Bonchev–Trinajstić information content (AvgIpc) is 3.85. The molecule has 11 aromatic rings. The van der Waals surface area contributed by atoms with E-state index >= 15 is 0 Å². The van der Waals surface area contributed by atoms with Gasteiger partial charge in [0.25, 0.3) is 0 Å². The summed E-state index contributed by atoms with van der Waals surface area (Å²) in [7, 11) is 0. The molecule has 0 unspecified atom stereocenters. The van der Waals surface area contributed by atoms with Crippen molar-refractivity contribution in [1.82, 2.24) is 9.13 Å². The molecule has 2 heterocycles. The Morgan fingerprint density at radius 3 is 1.47 bits per heavy atom. The summed E-state index contributed by atoms with van der Waals surface area (Å²) < 4.78 is 4.76. The molecule has 0 atom stereocenters. The highest BCUT2D eigenvalue weighted by Crippen LogP contribution is 2.42. The molecule has 77 heavy (non-hydrogen) atoms. The Labute approximate surface area is 449 Å². The quantitative estimate of drug-likeness (QED) is 0.115. The number of nitrogens with zero attached hydrogens (tertiary/aromatic N) is 5. The van der Waals surface area contributed by atoms with Crippen LogP contribution in [-0.4, -0.2) is 9.13 Å². The third-order valence-electron chi connectivity index (χ3n) is 14.9. The molecule has 0 saturated carbocycles. The normalized spacial score (nSPS) is 12.9. The third-order valence-corrected chi connectivity index (χ3v) is 14.9. The van der Waals surface area contributed by atoms with Crippen LogP contribution in [0.3, 0.4) is 0 Å². The van der Waals surface area contributed by atoms with E-state index in [4.69, 9.17) is 0 Å². The van der Waals surface area contributed by atoms with E-state index in [1.807, 2.05) is 12.2 Å². The summed E-state index contributed by atoms with van der Waals surface area (Å²) in [5, 5.41) is 6.03. The molecule has 2 aromatic heterocycles. The van der Waals surface area contributed by atoms with Gasteiger partial charge in [-0.15, -0.1) is 0 Å². The molecule has 0 fully saturated rings. The van der Waals surface area contributed by atoms with Gasteiger partial charge in [0, 0.05) is 90.4 Å². The van der Waals surface area contributed by atoms with Crippen molar-refractivity contribution in [2.24, 2.45) is 0 Å². The summed E-state index contributed by atoms with van der Waals surface area (Å²) in [6.45, 7) is 7.97. The lowest BCUT2D eigenvalue weighted by Gasteiger charge is -2.30. The Hall–Kier alpha value is -10.1. The van der Waals surface area contributed by atoms with E-state index < -0.39 is 0 Å². The van der Waals surface area contributed by atoms with Gasteiger partial charge in [-0.3, -0.25) is 0 Å². The summed E-state index contributed by atoms with van der Waals surface area (Å²) in [6, 6.07) is 81.0. The van der Waals surface area contributed by atoms with Gasteiger partial charge in [-0.1, -0.05) is 159 Å². The molecule has 0 radical (unpaired) electrons. The van der Waals surface area contributed by atoms with Crippen LogP contribution >= 0.6 is 0 Å². The van der Waals surface area contributed by atoms with Crippen LogP contribution in [-0.2, 0) is 0 Å². The molecule has 368 valence electrons. The van der Waals surface area contributed by atoms with Gasteiger partial charge in [-0.25, -0.2) is 0 Å². The van der Waals surface area contributed by atoms with Crippen LogP contribution in [0, 0.1) is 0 Å². The van der Waals surface area contributed by atoms with Crippen LogP contribution < -0.4 is 25.3 Å². The first-order valence-corrected chi connectivity index (χ1v) is 26.4. The Kier molecular flexibility index (Phi) is 12.3. The number of para-hydroxylation sites is 4.